The number of unbranched alkanes of at least 4 members (excludes halogenated alkanes) is 12. The fourth-order valence-corrected chi connectivity index (χ4v) is 3.46. The molecule has 1 aliphatic rings. The van der Waals surface area contributed by atoms with Crippen LogP contribution >= 0.6 is 0 Å². The molecule has 0 unspecified atom stereocenters. The van der Waals surface area contributed by atoms with Crippen LogP contribution in [0.25, 0.3) is 0 Å². The zero-order valence-electron chi connectivity index (χ0n) is 17.5. The van der Waals surface area contributed by atoms with Crippen molar-refractivity contribution in [2.75, 3.05) is 6.61 Å². The van der Waals surface area contributed by atoms with Crippen LogP contribution in [0.15, 0.2) is 12.2 Å². The van der Waals surface area contributed by atoms with Crippen LogP contribution in [0, 0.1) is 0 Å². The maximum Gasteiger partial charge on any atom is 0.328 e. The summed E-state index contributed by atoms with van der Waals surface area (Å²) in [6.45, 7) is 2.67. The molecule has 1 amide bonds. The van der Waals surface area contributed by atoms with Crippen LogP contribution in [0.4, 0.5) is 0 Å². The van der Waals surface area contributed by atoms with Crippen molar-refractivity contribution in [1.29, 1.82) is 0 Å². The van der Waals surface area contributed by atoms with E-state index >= 15 is 0 Å². The predicted molar refractivity (Wildman–Crippen MR) is 112 cm³/mol. The maximum atomic E-state index is 11.7. The van der Waals surface area contributed by atoms with Crippen molar-refractivity contribution in [1.82, 2.24) is 5.32 Å². The van der Waals surface area contributed by atoms with Gasteiger partial charge in [0.25, 0.3) is 0 Å². The number of esters is 1. The molecule has 1 fully saturated rings. The predicted octanol–water partition coefficient (Wildman–Crippen LogP) is 5.85. The largest absolute Gasteiger partial charge is 0.464 e. The smallest absolute Gasteiger partial charge is 0.328 e. The van der Waals surface area contributed by atoms with Gasteiger partial charge in [-0.25, -0.2) is 4.79 Å². The summed E-state index contributed by atoms with van der Waals surface area (Å²) in [5.41, 5.74) is 0. The van der Waals surface area contributed by atoms with Crippen LogP contribution < -0.4 is 5.32 Å². The third-order valence-electron chi connectivity index (χ3n) is 5.20. The van der Waals surface area contributed by atoms with Crippen molar-refractivity contribution in [2.24, 2.45) is 0 Å². The van der Waals surface area contributed by atoms with Crippen molar-refractivity contribution in [2.45, 2.75) is 116 Å². The number of nitrogens with one attached hydrogen (secondary N) is 1. The third-order valence-corrected chi connectivity index (χ3v) is 5.20. The van der Waals surface area contributed by atoms with Crippen LogP contribution in [0.2, 0.25) is 0 Å². The first-order valence-corrected chi connectivity index (χ1v) is 11.3. The molecule has 1 atom stereocenters. The monoisotopic (exact) mass is 379 g/mol. The summed E-state index contributed by atoms with van der Waals surface area (Å²) in [4.78, 5) is 22.8. The Kier molecular flexibility index (Phi) is 14.8. The molecule has 4 nitrogen and oxygen atoms in total. The Morgan fingerprint density at radius 2 is 1.48 bits per heavy atom. The van der Waals surface area contributed by atoms with Gasteiger partial charge in [0, 0.05) is 6.42 Å². The third kappa shape index (κ3) is 13.5. The van der Waals surface area contributed by atoms with Crippen molar-refractivity contribution in [3.8, 4) is 0 Å². The molecule has 1 aliphatic heterocycles. The van der Waals surface area contributed by atoms with E-state index in [0.29, 0.717) is 19.4 Å². The van der Waals surface area contributed by atoms with E-state index in [-0.39, 0.29) is 11.9 Å². The number of carbonyl (C=O) groups is 2. The van der Waals surface area contributed by atoms with Gasteiger partial charge in [0.05, 0.1) is 6.61 Å². The van der Waals surface area contributed by atoms with Gasteiger partial charge in [-0.05, 0) is 25.7 Å². The molecule has 0 aliphatic carbocycles. The van der Waals surface area contributed by atoms with Gasteiger partial charge in [0.2, 0.25) is 5.91 Å². The zero-order valence-corrected chi connectivity index (χ0v) is 17.5. The van der Waals surface area contributed by atoms with E-state index in [1.165, 1.54) is 77.0 Å². The molecule has 0 aromatic carbocycles. The molecule has 0 saturated carbocycles. The Morgan fingerprint density at radius 1 is 0.926 bits per heavy atom. The van der Waals surface area contributed by atoms with Crippen molar-refractivity contribution < 1.29 is 14.3 Å². The van der Waals surface area contributed by atoms with Crippen LogP contribution in [-0.2, 0) is 14.3 Å². The fraction of sp³-hybridized carbons (Fsp3) is 0.826. The van der Waals surface area contributed by atoms with Crippen LogP contribution in [0.3, 0.4) is 0 Å². The Labute approximate surface area is 166 Å². The zero-order chi connectivity index (χ0) is 19.6. The normalized spacial score (nSPS) is 16.8. The molecule has 4 heteroatoms. The van der Waals surface area contributed by atoms with Gasteiger partial charge in [-0.1, -0.05) is 89.7 Å². The summed E-state index contributed by atoms with van der Waals surface area (Å²) in [5, 5.41) is 2.63. The Hall–Kier alpha value is -1.32. The van der Waals surface area contributed by atoms with E-state index < -0.39 is 6.04 Å². The second-order valence-corrected chi connectivity index (χ2v) is 7.76. The second-order valence-electron chi connectivity index (χ2n) is 7.76. The summed E-state index contributed by atoms with van der Waals surface area (Å²) in [7, 11) is 0. The van der Waals surface area contributed by atoms with Crippen molar-refractivity contribution >= 4 is 11.9 Å². The standard InChI is InChI=1S/C23H41NO3/c1-2-3-4-5-6-7-8-9-10-11-12-13-14-15-16-17-20-27-23(26)21-18-19-22(25)24-21/h15-16,21H,2-14,17-20H2,1H3,(H,24,25)/b16-15+/t21-/m0/s1. The lowest BCUT2D eigenvalue weighted by Gasteiger charge is -2.08. The Morgan fingerprint density at radius 3 is 2.04 bits per heavy atom. The minimum atomic E-state index is -0.428. The topological polar surface area (TPSA) is 55.4 Å². The molecule has 27 heavy (non-hydrogen) atoms. The highest BCUT2D eigenvalue weighted by atomic mass is 16.5. The molecule has 1 N–H and O–H groups in total. The first-order chi connectivity index (χ1) is 13.2. The van der Waals surface area contributed by atoms with E-state index in [9.17, 15) is 9.59 Å². The molecule has 0 aromatic rings. The van der Waals surface area contributed by atoms with E-state index in [2.05, 4.69) is 24.4 Å². The highest BCUT2D eigenvalue weighted by Crippen LogP contribution is 2.12. The second kappa shape index (κ2) is 16.8. The molecule has 156 valence electrons. The average molecular weight is 380 g/mol. The number of rotatable bonds is 17. The number of hydrogen-bond donors (Lipinski definition) is 1. The first-order valence-electron chi connectivity index (χ1n) is 11.3. The Bertz CT molecular complexity index is 420. The van der Waals surface area contributed by atoms with Crippen molar-refractivity contribution in [3.05, 3.63) is 12.2 Å². The lowest BCUT2D eigenvalue weighted by molar-refractivity contribution is -0.146. The number of ether oxygens (including phenoxy) is 1. The molecule has 1 saturated heterocycles. The molecule has 0 radical (unpaired) electrons. The minimum absolute atomic E-state index is 0.0562. The van der Waals surface area contributed by atoms with Gasteiger partial charge in [0.15, 0.2) is 0 Å². The molecule has 0 spiro atoms. The molecule has 0 bridgehead atoms. The molecular formula is C23H41NO3. The Balaban J connectivity index is 1.78. The maximum absolute atomic E-state index is 11.7. The summed E-state index contributed by atoms with van der Waals surface area (Å²) < 4.78 is 5.19. The number of allylic oxidation sites excluding steroid dienone is 1. The lowest BCUT2D eigenvalue weighted by Crippen LogP contribution is -2.34. The van der Waals surface area contributed by atoms with Crippen LogP contribution in [0.5, 0.6) is 0 Å². The van der Waals surface area contributed by atoms with Crippen molar-refractivity contribution in [3.63, 3.8) is 0 Å². The fourth-order valence-electron chi connectivity index (χ4n) is 3.46. The number of amides is 1. The highest BCUT2D eigenvalue weighted by Gasteiger charge is 2.28. The molecular weight excluding hydrogens is 338 g/mol. The van der Waals surface area contributed by atoms with Gasteiger partial charge < -0.3 is 10.1 Å². The summed E-state index contributed by atoms with van der Waals surface area (Å²) >= 11 is 0. The van der Waals surface area contributed by atoms with Gasteiger partial charge in [0.1, 0.15) is 6.04 Å². The molecule has 0 aromatic heterocycles. The summed E-state index contributed by atoms with van der Waals surface area (Å²) in [6, 6.07) is -0.428. The summed E-state index contributed by atoms with van der Waals surface area (Å²) in [6.07, 6.45) is 23.7. The van der Waals surface area contributed by atoms with Crippen LogP contribution in [-0.4, -0.2) is 24.5 Å². The lowest BCUT2D eigenvalue weighted by atomic mass is 10.0. The van der Waals surface area contributed by atoms with E-state index in [0.717, 1.165) is 12.8 Å². The van der Waals surface area contributed by atoms with E-state index in [4.69, 9.17) is 4.74 Å². The highest BCUT2D eigenvalue weighted by molar-refractivity contribution is 5.87. The molecule has 1 rings (SSSR count). The quantitative estimate of drug-likeness (QED) is 0.196. The van der Waals surface area contributed by atoms with Gasteiger partial charge in [-0.3, -0.25) is 4.79 Å². The number of carbonyl (C=O) groups excluding carboxylic acids is 2. The first kappa shape index (κ1) is 23.7. The minimum Gasteiger partial charge on any atom is -0.464 e. The van der Waals surface area contributed by atoms with E-state index in [1.807, 2.05) is 0 Å². The van der Waals surface area contributed by atoms with Gasteiger partial charge >= 0.3 is 5.97 Å². The van der Waals surface area contributed by atoms with Gasteiger partial charge in [-0.15, -0.1) is 0 Å². The van der Waals surface area contributed by atoms with Gasteiger partial charge in [-0.2, -0.15) is 0 Å². The SMILES string of the molecule is CCCCCCCCCCCCCC/C=C/CCOC(=O)[C@@H]1CCC(=O)N1. The van der Waals surface area contributed by atoms with Crippen LogP contribution in [0.1, 0.15) is 110 Å². The van der Waals surface area contributed by atoms with E-state index in [1.54, 1.807) is 0 Å². The summed E-state index contributed by atoms with van der Waals surface area (Å²) in [5.74, 6) is -0.352. The average Bonchev–Trinajstić information content (AvgIpc) is 3.10. The number of hydrogen-bond acceptors (Lipinski definition) is 3. The molecule has 1 heterocycles.